The third-order valence-corrected chi connectivity index (χ3v) is 4.51. The lowest BCUT2D eigenvalue weighted by Crippen LogP contribution is -2.39. The summed E-state index contributed by atoms with van der Waals surface area (Å²) in [5, 5.41) is 10.5. The zero-order valence-electron chi connectivity index (χ0n) is 17.3. The lowest BCUT2D eigenvalue weighted by Gasteiger charge is -2.29. The van der Waals surface area contributed by atoms with Gasteiger partial charge in [0, 0.05) is 19.1 Å². The number of methoxy groups -OCH3 is 3. The van der Waals surface area contributed by atoms with E-state index in [1.807, 2.05) is 42.5 Å². The molecule has 0 heterocycles. The van der Waals surface area contributed by atoms with Crippen LogP contribution in [0.15, 0.2) is 42.5 Å². The number of hydrogen-bond acceptors (Lipinski definition) is 6. The van der Waals surface area contributed by atoms with E-state index in [4.69, 9.17) is 18.9 Å². The lowest BCUT2D eigenvalue weighted by molar-refractivity contribution is 0.0543. The second-order valence-electron chi connectivity index (χ2n) is 6.85. The molecule has 154 valence electrons. The van der Waals surface area contributed by atoms with Gasteiger partial charge in [-0.3, -0.25) is 4.90 Å². The van der Waals surface area contributed by atoms with E-state index < -0.39 is 6.10 Å². The van der Waals surface area contributed by atoms with Crippen molar-refractivity contribution in [3.05, 3.63) is 48.0 Å². The molecule has 2 aromatic rings. The standard InChI is InChI=1S/C22H31NO5/c1-16(2)23(13-17-6-11-21(26-4)22(12-17)27-5)14-18(24)15-28-20-9-7-19(25-3)8-10-20/h6-12,16,18,24H,13-15H2,1-5H3. The highest BCUT2D eigenvalue weighted by Gasteiger charge is 2.17. The molecular weight excluding hydrogens is 358 g/mol. The summed E-state index contributed by atoms with van der Waals surface area (Å²) in [5.74, 6) is 2.88. The highest BCUT2D eigenvalue weighted by molar-refractivity contribution is 5.42. The monoisotopic (exact) mass is 389 g/mol. The number of aliphatic hydroxyl groups excluding tert-OH is 1. The molecular formula is C22H31NO5. The van der Waals surface area contributed by atoms with Crippen molar-refractivity contribution in [2.45, 2.75) is 32.5 Å². The lowest BCUT2D eigenvalue weighted by atomic mass is 10.1. The molecule has 6 heteroatoms. The molecule has 1 atom stereocenters. The molecule has 0 aliphatic carbocycles. The van der Waals surface area contributed by atoms with E-state index >= 15 is 0 Å². The predicted molar refractivity (Wildman–Crippen MR) is 110 cm³/mol. The molecule has 0 amide bonds. The minimum absolute atomic E-state index is 0.224. The Kier molecular flexibility index (Phi) is 8.42. The first-order valence-corrected chi connectivity index (χ1v) is 9.36. The summed E-state index contributed by atoms with van der Waals surface area (Å²) in [6.45, 7) is 5.64. The number of ether oxygens (including phenoxy) is 4. The van der Waals surface area contributed by atoms with Crippen molar-refractivity contribution in [2.75, 3.05) is 34.5 Å². The highest BCUT2D eigenvalue weighted by Crippen LogP contribution is 2.28. The van der Waals surface area contributed by atoms with Crippen molar-refractivity contribution in [1.82, 2.24) is 4.90 Å². The Morgan fingerprint density at radius 3 is 2.07 bits per heavy atom. The summed E-state index contributed by atoms with van der Waals surface area (Å²) >= 11 is 0. The molecule has 0 fully saturated rings. The summed E-state index contributed by atoms with van der Waals surface area (Å²) in [7, 11) is 4.87. The largest absolute Gasteiger partial charge is 0.497 e. The number of benzene rings is 2. The Morgan fingerprint density at radius 2 is 1.50 bits per heavy atom. The zero-order chi connectivity index (χ0) is 20.5. The van der Waals surface area contributed by atoms with E-state index in [9.17, 15) is 5.11 Å². The van der Waals surface area contributed by atoms with Gasteiger partial charge < -0.3 is 24.1 Å². The van der Waals surface area contributed by atoms with Gasteiger partial charge >= 0.3 is 0 Å². The van der Waals surface area contributed by atoms with Gasteiger partial charge in [0.1, 0.15) is 24.2 Å². The number of rotatable bonds is 11. The maximum atomic E-state index is 10.5. The second kappa shape index (κ2) is 10.8. The van der Waals surface area contributed by atoms with Gasteiger partial charge in [0.2, 0.25) is 0 Å². The maximum Gasteiger partial charge on any atom is 0.161 e. The van der Waals surface area contributed by atoms with Crippen molar-refractivity contribution in [2.24, 2.45) is 0 Å². The normalized spacial score (nSPS) is 12.1. The van der Waals surface area contributed by atoms with Crippen LogP contribution in [0.5, 0.6) is 23.0 Å². The molecule has 0 aliphatic rings. The summed E-state index contributed by atoms with van der Waals surface area (Å²) in [4.78, 5) is 2.20. The van der Waals surface area contributed by atoms with E-state index in [1.54, 1.807) is 21.3 Å². The molecule has 0 radical (unpaired) electrons. The van der Waals surface area contributed by atoms with Crippen molar-refractivity contribution in [3.8, 4) is 23.0 Å². The maximum absolute atomic E-state index is 10.5. The fourth-order valence-corrected chi connectivity index (χ4v) is 2.86. The summed E-state index contributed by atoms with van der Waals surface area (Å²) in [6, 6.07) is 13.5. The van der Waals surface area contributed by atoms with Gasteiger partial charge in [0.15, 0.2) is 11.5 Å². The molecule has 2 aromatic carbocycles. The highest BCUT2D eigenvalue weighted by atomic mass is 16.5. The van der Waals surface area contributed by atoms with Crippen LogP contribution in [0.1, 0.15) is 19.4 Å². The first-order chi connectivity index (χ1) is 13.5. The number of nitrogens with zero attached hydrogens (tertiary/aromatic N) is 1. The van der Waals surface area contributed by atoms with Gasteiger partial charge in [-0.1, -0.05) is 6.07 Å². The van der Waals surface area contributed by atoms with Gasteiger partial charge in [-0.05, 0) is 55.8 Å². The molecule has 0 bridgehead atoms. The molecule has 0 aliphatic heterocycles. The Balaban J connectivity index is 1.94. The van der Waals surface area contributed by atoms with Crippen LogP contribution in [0.25, 0.3) is 0 Å². The van der Waals surface area contributed by atoms with Crippen LogP contribution in [0.3, 0.4) is 0 Å². The molecule has 2 rings (SSSR count). The van der Waals surface area contributed by atoms with Crippen LogP contribution in [0.4, 0.5) is 0 Å². The SMILES string of the molecule is COc1ccc(OCC(O)CN(Cc2ccc(OC)c(OC)c2)C(C)C)cc1. The summed E-state index contributed by atoms with van der Waals surface area (Å²) in [5.41, 5.74) is 1.09. The topological polar surface area (TPSA) is 60.4 Å². The van der Waals surface area contributed by atoms with Gasteiger partial charge in [0.05, 0.1) is 21.3 Å². The smallest absolute Gasteiger partial charge is 0.161 e. The third-order valence-electron chi connectivity index (χ3n) is 4.51. The third kappa shape index (κ3) is 6.32. The molecule has 0 spiro atoms. The predicted octanol–water partition coefficient (Wildman–Crippen LogP) is 3.36. The van der Waals surface area contributed by atoms with E-state index in [1.165, 1.54) is 0 Å². The van der Waals surface area contributed by atoms with Gasteiger partial charge in [-0.25, -0.2) is 0 Å². The number of aliphatic hydroxyl groups is 1. The second-order valence-corrected chi connectivity index (χ2v) is 6.85. The van der Waals surface area contributed by atoms with Crippen LogP contribution in [0.2, 0.25) is 0 Å². The van der Waals surface area contributed by atoms with Crippen molar-refractivity contribution >= 4 is 0 Å². The van der Waals surface area contributed by atoms with Crippen LogP contribution in [0, 0.1) is 0 Å². The van der Waals surface area contributed by atoms with Gasteiger partial charge in [-0.2, -0.15) is 0 Å². The van der Waals surface area contributed by atoms with Gasteiger partial charge in [-0.15, -0.1) is 0 Å². The summed E-state index contributed by atoms with van der Waals surface area (Å²) < 4.78 is 21.5. The quantitative estimate of drug-likeness (QED) is 0.636. The van der Waals surface area contributed by atoms with Crippen molar-refractivity contribution < 1.29 is 24.1 Å². The minimum atomic E-state index is -0.607. The first-order valence-electron chi connectivity index (χ1n) is 9.36. The van der Waals surface area contributed by atoms with E-state index in [0.29, 0.717) is 30.3 Å². The van der Waals surface area contributed by atoms with Crippen molar-refractivity contribution in [1.29, 1.82) is 0 Å². The van der Waals surface area contributed by atoms with Crippen LogP contribution >= 0.6 is 0 Å². The average Bonchev–Trinajstić information content (AvgIpc) is 2.71. The first kappa shape index (κ1) is 21.9. The van der Waals surface area contributed by atoms with E-state index in [2.05, 4.69) is 18.7 Å². The molecule has 1 unspecified atom stereocenters. The Bertz CT molecular complexity index is 717. The Hall–Kier alpha value is -2.44. The average molecular weight is 389 g/mol. The molecule has 1 N–H and O–H groups in total. The fraction of sp³-hybridized carbons (Fsp3) is 0.455. The Morgan fingerprint density at radius 1 is 0.857 bits per heavy atom. The van der Waals surface area contributed by atoms with Crippen molar-refractivity contribution in [3.63, 3.8) is 0 Å². The van der Waals surface area contributed by atoms with Crippen LogP contribution in [-0.4, -0.2) is 56.6 Å². The molecule has 0 saturated carbocycles. The van der Waals surface area contributed by atoms with Gasteiger partial charge in [0.25, 0.3) is 0 Å². The molecule has 6 nitrogen and oxygen atoms in total. The van der Waals surface area contributed by atoms with E-state index in [0.717, 1.165) is 11.3 Å². The van der Waals surface area contributed by atoms with Crippen LogP contribution < -0.4 is 18.9 Å². The zero-order valence-corrected chi connectivity index (χ0v) is 17.3. The number of hydrogen-bond donors (Lipinski definition) is 1. The molecule has 0 aromatic heterocycles. The molecule has 28 heavy (non-hydrogen) atoms. The minimum Gasteiger partial charge on any atom is -0.497 e. The fourth-order valence-electron chi connectivity index (χ4n) is 2.86. The summed E-state index contributed by atoms with van der Waals surface area (Å²) in [6.07, 6.45) is -0.607. The molecule has 0 saturated heterocycles. The Labute approximate surface area is 167 Å². The van der Waals surface area contributed by atoms with E-state index in [-0.39, 0.29) is 12.6 Å². The van der Waals surface area contributed by atoms with Crippen LogP contribution in [-0.2, 0) is 6.54 Å².